The van der Waals surface area contributed by atoms with E-state index in [1.165, 1.54) is 24.6 Å². The van der Waals surface area contributed by atoms with E-state index in [4.69, 9.17) is 0 Å². The van der Waals surface area contributed by atoms with Crippen LogP contribution in [0.15, 0.2) is 48.8 Å². The Bertz CT molecular complexity index is 725. The molecule has 3 N–H and O–H groups in total. The van der Waals surface area contributed by atoms with Crippen LogP contribution >= 0.6 is 0 Å². The van der Waals surface area contributed by atoms with Crippen LogP contribution in [0.25, 0.3) is 0 Å². The molecule has 0 aliphatic carbocycles. The van der Waals surface area contributed by atoms with Crippen molar-refractivity contribution in [1.82, 2.24) is 20.9 Å². The molecule has 1 fully saturated rings. The van der Waals surface area contributed by atoms with Crippen molar-refractivity contribution in [2.45, 2.75) is 18.8 Å². The molecule has 0 spiro atoms. The van der Waals surface area contributed by atoms with Crippen molar-refractivity contribution in [1.29, 1.82) is 0 Å². The minimum Gasteiger partial charge on any atom is -0.350 e. The first-order valence-corrected chi connectivity index (χ1v) is 9.01. The summed E-state index contributed by atoms with van der Waals surface area (Å²) in [7, 11) is 0. The predicted molar refractivity (Wildman–Crippen MR) is 100 cm³/mol. The Morgan fingerprint density at radius 3 is 2.38 bits per heavy atom. The van der Waals surface area contributed by atoms with Gasteiger partial charge in [0.1, 0.15) is 0 Å². The molecular weight excluding hydrogens is 328 g/mol. The van der Waals surface area contributed by atoms with Gasteiger partial charge in [0.05, 0.1) is 5.56 Å². The Morgan fingerprint density at radius 2 is 1.77 bits per heavy atom. The molecule has 136 valence electrons. The number of hydrogen-bond donors (Lipinski definition) is 3. The number of nitrogens with zero attached hydrogens (tertiary/aromatic N) is 1. The highest BCUT2D eigenvalue weighted by molar-refractivity contribution is 5.95. The van der Waals surface area contributed by atoms with Crippen LogP contribution in [0.5, 0.6) is 0 Å². The Morgan fingerprint density at radius 1 is 1.04 bits per heavy atom. The normalized spacial score (nSPS) is 16.7. The fourth-order valence-electron chi connectivity index (χ4n) is 3.10. The first-order valence-electron chi connectivity index (χ1n) is 9.01. The topological polar surface area (TPSA) is 83.1 Å². The number of carbonyl (C=O) groups excluding carboxylic acids is 2. The lowest BCUT2D eigenvalue weighted by Crippen LogP contribution is -2.34. The SMILES string of the molecule is O=C(NCCNC(=O)c1cccnc1)c1ccc([C@H]2CCCNC2)cc1. The fraction of sp³-hybridized carbons (Fsp3) is 0.350. The van der Waals surface area contributed by atoms with Gasteiger partial charge in [-0.05, 0) is 55.1 Å². The zero-order valence-corrected chi connectivity index (χ0v) is 14.7. The molecular formula is C20H24N4O2. The van der Waals surface area contributed by atoms with E-state index < -0.39 is 0 Å². The van der Waals surface area contributed by atoms with Gasteiger partial charge < -0.3 is 16.0 Å². The molecule has 6 heteroatoms. The van der Waals surface area contributed by atoms with Crippen LogP contribution in [0, 0.1) is 0 Å². The summed E-state index contributed by atoms with van der Waals surface area (Å²) in [5.41, 5.74) is 2.42. The predicted octanol–water partition coefficient (Wildman–Crippen LogP) is 1.71. The minimum atomic E-state index is -0.196. The summed E-state index contributed by atoms with van der Waals surface area (Å²) in [5.74, 6) is 0.204. The average molecular weight is 352 g/mol. The first kappa shape index (κ1) is 18.1. The minimum absolute atomic E-state index is 0.131. The molecule has 2 aromatic rings. The maximum Gasteiger partial charge on any atom is 0.252 e. The summed E-state index contributed by atoms with van der Waals surface area (Å²) in [6, 6.07) is 11.2. The van der Waals surface area contributed by atoms with Gasteiger partial charge in [0.2, 0.25) is 0 Å². The molecule has 0 saturated carbocycles. The summed E-state index contributed by atoms with van der Waals surface area (Å²) in [6.45, 7) is 2.83. The van der Waals surface area contributed by atoms with Gasteiger partial charge in [-0.3, -0.25) is 14.6 Å². The largest absolute Gasteiger partial charge is 0.350 e. The monoisotopic (exact) mass is 352 g/mol. The number of benzene rings is 1. The molecule has 1 atom stereocenters. The number of hydrogen-bond acceptors (Lipinski definition) is 4. The lowest BCUT2D eigenvalue weighted by Gasteiger charge is -2.23. The molecule has 0 bridgehead atoms. The van der Waals surface area contributed by atoms with Gasteiger partial charge in [0.25, 0.3) is 11.8 Å². The summed E-state index contributed by atoms with van der Waals surface area (Å²) in [4.78, 5) is 28.0. The van der Waals surface area contributed by atoms with Crippen molar-refractivity contribution >= 4 is 11.8 Å². The quantitative estimate of drug-likeness (QED) is 0.691. The van der Waals surface area contributed by atoms with Gasteiger partial charge in [-0.15, -0.1) is 0 Å². The first-order chi connectivity index (χ1) is 12.7. The molecule has 0 radical (unpaired) electrons. The molecule has 2 amide bonds. The standard InChI is InChI=1S/C20H24N4O2/c25-19(23-11-12-24-20(26)18-4-2-10-22-14-18)16-7-5-15(6-8-16)17-3-1-9-21-13-17/h2,4-8,10,14,17,21H,1,3,9,11-13H2,(H,23,25)(H,24,26)/t17-/m0/s1. The fourth-order valence-corrected chi connectivity index (χ4v) is 3.10. The highest BCUT2D eigenvalue weighted by Crippen LogP contribution is 2.23. The highest BCUT2D eigenvalue weighted by Gasteiger charge is 2.15. The van der Waals surface area contributed by atoms with Gasteiger partial charge in [-0.2, -0.15) is 0 Å². The van der Waals surface area contributed by atoms with Gasteiger partial charge in [-0.25, -0.2) is 0 Å². The summed E-state index contributed by atoms with van der Waals surface area (Å²) < 4.78 is 0. The molecule has 1 saturated heterocycles. The second kappa shape index (κ2) is 9.10. The maximum atomic E-state index is 12.2. The Kier molecular flexibility index (Phi) is 6.33. The second-order valence-electron chi connectivity index (χ2n) is 6.42. The van der Waals surface area contributed by atoms with E-state index in [0.29, 0.717) is 30.1 Å². The van der Waals surface area contributed by atoms with Gasteiger partial charge in [0.15, 0.2) is 0 Å². The molecule has 0 unspecified atom stereocenters. The van der Waals surface area contributed by atoms with Gasteiger partial charge in [-0.1, -0.05) is 12.1 Å². The zero-order valence-electron chi connectivity index (χ0n) is 14.7. The Hall–Kier alpha value is -2.73. The molecule has 1 aromatic carbocycles. The van der Waals surface area contributed by atoms with Gasteiger partial charge >= 0.3 is 0 Å². The molecule has 26 heavy (non-hydrogen) atoms. The maximum absolute atomic E-state index is 12.2. The van der Waals surface area contributed by atoms with Crippen molar-refractivity contribution in [2.75, 3.05) is 26.2 Å². The van der Waals surface area contributed by atoms with Crippen molar-refractivity contribution < 1.29 is 9.59 Å². The Labute approximate surface area is 153 Å². The number of amides is 2. The van der Waals surface area contributed by atoms with E-state index in [1.54, 1.807) is 18.3 Å². The van der Waals surface area contributed by atoms with Crippen molar-refractivity contribution in [3.05, 3.63) is 65.5 Å². The molecule has 3 rings (SSSR count). The summed E-state index contributed by atoms with van der Waals surface area (Å²) in [6.07, 6.45) is 5.51. The van der Waals surface area contributed by atoms with E-state index in [9.17, 15) is 9.59 Å². The van der Waals surface area contributed by atoms with Crippen molar-refractivity contribution in [2.24, 2.45) is 0 Å². The number of pyridine rings is 1. The number of carbonyl (C=O) groups is 2. The summed E-state index contributed by atoms with van der Waals surface area (Å²) in [5, 5.41) is 8.99. The molecule has 2 heterocycles. The van der Waals surface area contributed by atoms with E-state index in [1.807, 2.05) is 24.3 Å². The second-order valence-corrected chi connectivity index (χ2v) is 6.42. The Balaban J connectivity index is 1.42. The van der Waals surface area contributed by atoms with E-state index in [-0.39, 0.29) is 11.8 Å². The molecule has 6 nitrogen and oxygen atoms in total. The average Bonchev–Trinajstić information content (AvgIpc) is 2.72. The van der Waals surface area contributed by atoms with Crippen LogP contribution in [0.1, 0.15) is 45.0 Å². The van der Waals surface area contributed by atoms with Crippen molar-refractivity contribution in [3.8, 4) is 0 Å². The number of nitrogens with one attached hydrogen (secondary N) is 3. The lowest BCUT2D eigenvalue weighted by atomic mass is 9.91. The van der Waals surface area contributed by atoms with Gasteiger partial charge in [0, 0.05) is 37.6 Å². The van der Waals surface area contributed by atoms with Crippen LogP contribution in [-0.2, 0) is 0 Å². The smallest absolute Gasteiger partial charge is 0.252 e. The number of aromatic nitrogens is 1. The third kappa shape index (κ3) is 4.89. The van der Waals surface area contributed by atoms with Crippen LogP contribution < -0.4 is 16.0 Å². The van der Waals surface area contributed by atoms with Crippen LogP contribution in [-0.4, -0.2) is 43.0 Å². The van der Waals surface area contributed by atoms with E-state index in [0.717, 1.165) is 13.1 Å². The van der Waals surface area contributed by atoms with E-state index >= 15 is 0 Å². The highest BCUT2D eigenvalue weighted by atomic mass is 16.2. The third-order valence-electron chi connectivity index (χ3n) is 4.56. The number of rotatable bonds is 6. The third-order valence-corrected chi connectivity index (χ3v) is 4.56. The molecule has 1 aliphatic rings. The molecule has 1 aromatic heterocycles. The van der Waals surface area contributed by atoms with Crippen LogP contribution in [0.4, 0.5) is 0 Å². The van der Waals surface area contributed by atoms with Crippen LogP contribution in [0.3, 0.4) is 0 Å². The molecule has 1 aliphatic heterocycles. The summed E-state index contributed by atoms with van der Waals surface area (Å²) >= 11 is 0. The zero-order chi connectivity index (χ0) is 18.2. The lowest BCUT2D eigenvalue weighted by molar-refractivity contribution is 0.0927. The van der Waals surface area contributed by atoms with E-state index in [2.05, 4.69) is 20.9 Å². The van der Waals surface area contributed by atoms with Crippen molar-refractivity contribution in [3.63, 3.8) is 0 Å². The van der Waals surface area contributed by atoms with Crippen LogP contribution in [0.2, 0.25) is 0 Å². The number of piperidine rings is 1.